The molecule has 2 aliphatic heterocycles. The molecule has 0 aromatic heterocycles. The van der Waals surface area contributed by atoms with Crippen molar-refractivity contribution < 1.29 is 9.13 Å². The van der Waals surface area contributed by atoms with Crippen molar-refractivity contribution >= 4 is 11.6 Å². The Kier molecular flexibility index (Phi) is 5.87. The second-order valence-corrected chi connectivity index (χ2v) is 6.14. The van der Waals surface area contributed by atoms with Crippen molar-refractivity contribution in [2.24, 2.45) is 10.7 Å². The molecule has 0 saturated carbocycles. The fraction of sp³-hybridized carbons (Fsp3) is 0.588. The first kappa shape index (κ1) is 17.0. The first-order valence-electron chi connectivity index (χ1n) is 8.58. The largest absolute Gasteiger partial charge is 0.378 e. The molecule has 2 heterocycles. The van der Waals surface area contributed by atoms with Crippen molar-refractivity contribution in [1.29, 1.82) is 0 Å². The van der Waals surface area contributed by atoms with Gasteiger partial charge in [0.05, 0.1) is 19.8 Å². The summed E-state index contributed by atoms with van der Waals surface area (Å²) in [6.07, 6.45) is 0. The van der Waals surface area contributed by atoms with E-state index in [1.165, 1.54) is 12.1 Å². The number of nitrogens with zero attached hydrogens (tertiary/aromatic N) is 4. The molecule has 0 bridgehead atoms. The number of guanidine groups is 1. The average Bonchev–Trinajstić information content (AvgIpc) is 2.64. The quantitative estimate of drug-likeness (QED) is 0.645. The molecule has 2 fully saturated rings. The van der Waals surface area contributed by atoms with Crippen LogP contribution in [0.4, 0.5) is 10.1 Å². The Hall–Kier alpha value is -1.86. The van der Waals surface area contributed by atoms with E-state index >= 15 is 0 Å². The molecular weight excluding hydrogens is 309 g/mol. The third-order valence-electron chi connectivity index (χ3n) is 4.59. The summed E-state index contributed by atoms with van der Waals surface area (Å²) in [5.74, 6) is 0.441. The van der Waals surface area contributed by atoms with E-state index in [1.54, 1.807) is 0 Å². The van der Waals surface area contributed by atoms with Gasteiger partial charge in [-0.3, -0.25) is 9.89 Å². The highest BCUT2D eigenvalue weighted by atomic mass is 19.1. The van der Waals surface area contributed by atoms with Gasteiger partial charge in [-0.25, -0.2) is 4.39 Å². The Bertz CT molecular complexity index is 536. The van der Waals surface area contributed by atoms with Gasteiger partial charge in [-0.2, -0.15) is 0 Å². The van der Waals surface area contributed by atoms with E-state index in [2.05, 4.69) is 19.7 Å². The lowest BCUT2D eigenvalue weighted by atomic mass is 10.2. The van der Waals surface area contributed by atoms with Gasteiger partial charge in [-0.05, 0) is 24.3 Å². The maximum absolute atomic E-state index is 13.0. The normalized spacial score (nSPS) is 20.5. The van der Waals surface area contributed by atoms with Crippen LogP contribution in [0.5, 0.6) is 0 Å². The smallest absolute Gasteiger partial charge is 0.191 e. The number of benzene rings is 1. The van der Waals surface area contributed by atoms with Gasteiger partial charge >= 0.3 is 0 Å². The Balaban J connectivity index is 1.40. The predicted octanol–water partition coefficient (Wildman–Crippen LogP) is 0.595. The monoisotopic (exact) mass is 335 g/mol. The highest BCUT2D eigenvalue weighted by Crippen LogP contribution is 2.16. The Labute approximate surface area is 142 Å². The third kappa shape index (κ3) is 4.58. The molecule has 0 unspecified atom stereocenters. The van der Waals surface area contributed by atoms with Gasteiger partial charge < -0.3 is 20.3 Å². The van der Waals surface area contributed by atoms with Crippen LogP contribution >= 0.6 is 0 Å². The van der Waals surface area contributed by atoms with Crippen molar-refractivity contribution in [1.82, 2.24) is 9.80 Å². The number of rotatable bonds is 4. The van der Waals surface area contributed by atoms with Crippen molar-refractivity contribution in [3.8, 4) is 0 Å². The lowest BCUT2D eigenvalue weighted by Gasteiger charge is -2.36. The van der Waals surface area contributed by atoms with E-state index in [1.807, 2.05) is 12.1 Å². The lowest BCUT2D eigenvalue weighted by Crippen LogP contribution is -2.47. The summed E-state index contributed by atoms with van der Waals surface area (Å²) < 4.78 is 18.3. The van der Waals surface area contributed by atoms with Crippen molar-refractivity contribution in [2.45, 2.75) is 0 Å². The molecule has 132 valence electrons. The number of ether oxygens (including phenoxy) is 1. The molecule has 0 spiro atoms. The highest BCUT2D eigenvalue weighted by Gasteiger charge is 2.17. The molecular formula is C17H26FN5O. The number of hydrogen-bond acceptors (Lipinski definition) is 4. The van der Waals surface area contributed by atoms with Crippen molar-refractivity contribution in [2.75, 3.05) is 70.5 Å². The molecule has 7 heteroatoms. The zero-order valence-corrected chi connectivity index (χ0v) is 14.0. The van der Waals surface area contributed by atoms with Crippen LogP contribution < -0.4 is 10.6 Å². The summed E-state index contributed by atoms with van der Waals surface area (Å²) in [5.41, 5.74) is 7.13. The Morgan fingerprint density at radius 2 is 1.71 bits per heavy atom. The zero-order chi connectivity index (χ0) is 16.8. The minimum absolute atomic E-state index is 0.187. The van der Waals surface area contributed by atoms with Crippen molar-refractivity contribution in [3.05, 3.63) is 30.1 Å². The number of aliphatic imine (C=N–C) groups is 1. The van der Waals surface area contributed by atoms with Gasteiger partial charge in [0.25, 0.3) is 0 Å². The van der Waals surface area contributed by atoms with Crippen LogP contribution in [0.25, 0.3) is 0 Å². The number of morpholine rings is 1. The summed E-state index contributed by atoms with van der Waals surface area (Å²) in [6.45, 7) is 8.62. The van der Waals surface area contributed by atoms with Crippen molar-refractivity contribution in [3.63, 3.8) is 0 Å². The van der Waals surface area contributed by atoms with E-state index in [0.717, 1.165) is 71.3 Å². The van der Waals surface area contributed by atoms with Gasteiger partial charge in [0, 0.05) is 51.5 Å². The maximum Gasteiger partial charge on any atom is 0.191 e. The number of anilines is 1. The summed E-state index contributed by atoms with van der Waals surface area (Å²) in [6, 6.07) is 6.73. The first-order valence-corrected chi connectivity index (χ1v) is 8.58. The highest BCUT2D eigenvalue weighted by molar-refractivity contribution is 5.78. The summed E-state index contributed by atoms with van der Waals surface area (Å²) in [5, 5.41) is 0. The number of piperazine rings is 1. The van der Waals surface area contributed by atoms with Crippen LogP contribution in [0.3, 0.4) is 0 Å². The second-order valence-electron chi connectivity index (χ2n) is 6.14. The van der Waals surface area contributed by atoms with E-state index in [9.17, 15) is 4.39 Å². The van der Waals surface area contributed by atoms with Crippen LogP contribution in [0.1, 0.15) is 0 Å². The van der Waals surface area contributed by atoms with E-state index in [4.69, 9.17) is 10.5 Å². The SMILES string of the molecule is NC(=NCCN1CCN(c2ccc(F)cc2)CC1)N1CCOCC1. The molecule has 0 atom stereocenters. The van der Waals surface area contributed by atoms with Crippen LogP contribution in [0, 0.1) is 5.82 Å². The first-order chi connectivity index (χ1) is 11.7. The Morgan fingerprint density at radius 3 is 2.38 bits per heavy atom. The summed E-state index contributed by atoms with van der Waals surface area (Å²) in [7, 11) is 0. The van der Waals surface area contributed by atoms with Crippen LogP contribution in [0.15, 0.2) is 29.3 Å². The van der Waals surface area contributed by atoms with E-state index < -0.39 is 0 Å². The predicted molar refractivity (Wildman–Crippen MR) is 93.9 cm³/mol. The number of hydrogen-bond donors (Lipinski definition) is 1. The van der Waals surface area contributed by atoms with Gasteiger partial charge in [0.1, 0.15) is 5.82 Å². The van der Waals surface area contributed by atoms with Gasteiger partial charge in [0.2, 0.25) is 0 Å². The standard InChI is InChI=1S/C17H26FN5O/c18-15-1-3-16(4-2-15)22-9-7-21(8-10-22)6-5-20-17(19)23-11-13-24-14-12-23/h1-4H,5-14H2,(H2,19,20). The molecule has 6 nitrogen and oxygen atoms in total. The lowest BCUT2D eigenvalue weighted by molar-refractivity contribution is 0.0674. The topological polar surface area (TPSA) is 57.3 Å². The molecule has 2 saturated heterocycles. The molecule has 3 rings (SSSR count). The van der Waals surface area contributed by atoms with Crippen LogP contribution in [-0.2, 0) is 4.74 Å². The molecule has 2 N–H and O–H groups in total. The molecule has 0 radical (unpaired) electrons. The fourth-order valence-electron chi connectivity index (χ4n) is 3.08. The average molecular weight is 335 g/mol. The molecule has 2 aliphatic rings. The number of nitrogens with two attached hydrogens (primary N) is 1. The van der Waals surface area contributed by atoms with E-state index in [0.29, 0.717) is 5.96 Å². The molecule has 1 aromatic rings. The van der Waals surface area contributed by atoms with Gasteiger partial charge in [0.15, 0.2) is 5.96 Å². The molecule has 0 aliphatic carbocycles. The maximum atomic E-state index is 13.0. The minimum Gasteiger partial charge on any atom is -0.378 e. The minimum atomic E-state index is -0.187. The van der Waals surface area contributed by atoms with Crippen LogP contribution in [-0.4, -0.2) is 81.3 Å². The summed E-state index contributed by atoms with van der Waals surface area (Å²) >= 11 is 0. The van der Waals surface area contributed by atoms with Crippen LogP contribution in [0.2, 0.25) is 0 Å². The second kappa shape index (κ2) is 8.30. The molecule has 1 aromatic carbocycles. The third-order valence-corrected chi connectivity index (χ3v) is 4.59. The Morgan fingerprint density at radius 1 is 1.04 bits per heavy atom. The molecule has 0 amide bonds. The zero-order valence-electron chi connectivity index (χ0n) is 14.0. The van der Waals surface area contributed by atoms with Gasteiger partial charge in [-0.1, -0.05) is 0 Å². The van der Waals surface area contributed by atoms with Gasteiger partial charge in [-0.15, -0.1) is 0 Å². The number of halogens is 1. The van der Waals surface area contributed by atoms with E-state index in [-0.39, 0.29) is 5.82 Å². The molecule has 24 heavy (non-hydrogen) atoms. The fourth-order valence-corrected chi connectivity index (χ4v) is 3.08. The summed E-state index contributed by atoms with van der Waals surface area (Å²) in [4.78, 5) is 11.3.